The largest absolute Gasteiger partial charge is 0.338 e. The molecule has 1 saturated heterocycles. The third-order valence-electron chi connectivity index (χ3n) is 3.24. The molecule has 3 heterocycles. The van der Waals surface area contributed by atoms with E-state index in [0.29, 0.717) is 17.8 Å². The molecule has 0 aliphatic carbocycles. The molecule has 2 aromatic rings. The maximum Gasteiger partial charge on any atom is 0.257 e. The van der Waals surface area contributed by atoms with Crippen molar-refractivity contribution in [3.63, 3.8) is 0 Å². The van der Waals surface area contributed by atoms with E-state index in [9.17, 15) is 0 Å². The van der Waals surface area contributed by atoms with E-state index in [1.165, 1.54) is 0 Å². The molecule has 106 valence electrons. The van der Waals surface area contributed by atoms with Crippen LogP contribution in [-0.2, 0) is 0 Å². The number of rotatable bonds is 3. The average molecular weight is 275 g/mol. The fourth-order valence-corrected chi connectivity index (χ4v) is 2.06. The number of likely N-dealkylation sites (N-methyl/N-ethyl adjacent to an activating group) is 1. The summed E-state index contributed by atoms with van der Waals surface area (Å²) in [5.74, 6) is 6.83. The first-order valence-corrected chi connectivity index (χ1v) is 6.42. The first-order chi connectivity index (χ1) is 9.76. The van der Waals surface area contributed by atoms with Crippen molar-refractivity contribution in [2.45, 2.75) is 0 Å². The molecule has 0 spiro atoms. The Kier molecular flexibility index (Phi) is 3.44. The van der Waals surface area contributed by atoms with Crippen molar-refractivity contribution in [2.75, 3.05) is 43.6 Å². The van der Waals surface area contributed by atoms with Crippen LogP contribution in [-0.4, -0.2) is 62.9 Å². The molecule has 1 aliphatic heterocycles. The Hall–Kier alpha value is -2.26. The molecule has 3 N–H and O–H groups in total. The minimum atomic E-state index is 0.333. The fourth-order valence-electron chi connectivity index (χ4n) is 2.06. The van der Waals surface area contributed by atoms with E-state index >= 15 is 0 Å². The molecule has 1 aliphatic rings. The summed E-state index contributed by atoms with van der Waals surface area (Å²) in [6.45, 7) is 3.72. The van der Waals surface area contributed by atoms with Crippen LogP contribution < -0.4 is 16.2 Å². The molecule has 0 atom stereocenters. The number of hydrazine groups is 1. The summed E-state index contributed by atoms with van der Waals surface area (Å²) in [4.78, 5) is 17.4. The van der Waals surface area contributed by atoms with Crippen LogP contribution in [0.4, 0.5) is 11.9 Å². The number of nitrogens with zero attached hydrogens (tertiary/aromatic N) is 7. The third-order valence-corrected chi connectivity index (χ3v) is 3.24. The molecule has 0 unspecified atom stereocenters. The molecule has 3 rings (SSSR count). The van der Waals surface area contributed by atoms with E-state index in [2.05, 4.69) is 42.3 Å². The molecule has 0 bridgehead atoms. The molecule has 0 aromatic carbocycles. The van der Waals surface area contributed by atoms with Gasteiger partial charge in [0.1, 0.15) is 0 Å². The Balaban J connectivity index is 1.92. The van der Waals surface area contributed by atoms with Crippen LogP contribution in [0.2, 0.25) is 0 Å². The van der Waals surface area contributed by atoms with Crippen LogP contribution in [0.15, 0.2) is 18.5 Å². The first-order valence-electron chi connectivity index (χ1n) is 6.42. The van der Waals surface area contributed by atoms with E-state index in [1.807, 2.05) is 6.07 Å². The van der Waals surface area contributed by atoms with Gasteiger partial charge in [-0.2, -0.15) is 20.1 Å². The van der Waals surface area contributed by atoms with Crippen molar-refractivity contribution >= 4 is 11.9 Å². The lowest BCUT2D eigenvalue weighted by Crippen LogP contribution is -2.45. The number of nitrogens with two attached hydrogens (primary N) is 1. The molecule has 0 radical (unpaired) electrons. The topological polar surface area (TPSA) is 101 Å². The Morgan fingerprint density at radius 2 is 1.85 bits per heavy atom. The smallest absolute Gasteiger partial charge is 0.257 e. The predicted molar refractivity (Wildman–Crippen MR) is 74.5 cm³/mol. The van der Waals surface area contributed by atoms with Crippen molar-refractivity contribution in [2.24, 2.45) is 5.84 Å². The van der Waals surface area contributed by atoms with Gasteiger partial charge in [-0.1, -0.05) is 0 Å². The molecular formula is C11H17N9. The van der Waals surface area contributed by atoms with Crippen molar-refractivity contribution in [1.29, 1.82) is 0 Å². The van der Waals surface area contributed by atoms with Gasteiger partial charge in [-0.25, -0.2) is 10.5 Å². The lowest BCUT2D eigenvalue weighted by atomic mass is 10.3. The second-order valence-electron chi connectivity index (χ2n) is 4.64. The molecule has 1 fully saturated rings. The standard InChI is InChI=1S/C11H17N9/c1-18-5-7-19(8-6-18)10-14-9(17-12)15-11(16-10)20-4-2-3-13-20/h2-4H,5-8,12H2,1H3,(H,14,15,16,17). The molecular weight excluding hydrogens is 258 g/mol. The summed E-state index contributed by atoms with van der Waals surface area (Å²) >= 11 is 0. The van der Waals surface area contributed by atoms with Crippen molar-refractivity contribution in [3.05, 3.63) is 18.5 Å². The van der Waals surface area contributed by atoms with Gasteiger partial charge in [-0.05, 0) is 13.1 Å². The Labute approximate surface area is 116 Å². The quantitative estimate of drug-likeness (QED) is 0.549. The summed E-state index contributed by atoms with van der Waals surface area (Å²) in [5, 5.41) is 4.13. The maximum absolute atomic E-state index is 5.43. The van der Waals surface area contributed by atoms with Gasteiger partial charge in [-0.15, -0.1) is 0 Å². The highest BCUT2D eigenvalue weighted by atomic mass is 15.4. The van der Waals surface area contributed by atoms with Crippen molar-refractivity contribution < 1.29 is 0 Å². The molecule has 9 nitrogen and oxygen atoms in total. The highest BCUT2D eigenvalue weighted by Crippen LogP contribution is 2.14. The van der Waals surface area contributed by atoms with Gasteiger partial charge in [-0.3, -0.25) is 5.43 Å². The number of piperazine rings is 1. The number of hydrogen-bond donors (Lipinski definition) is 2. The molecule has 20 heavy (non-hydrogen) atoms. The molecule has 9 heteroatoms. The van der Waals surface area contributed by atoms with E-state index in [-0.39, 0.29) is 0 Å². The van der Waals surface area contributed by atoms with Gasteiger partial charge in [0.15, 0.2) is 0 Å². The average Bonchev–Trinajstić information content (AvgIpc) is 3.02. The SMILES string of the molecule is CN1CCN(c2nc(NN)nc(-n3cccn3)n2)CC1. The van der Waals surface area contributed by atoms with E-state index < -0.39 is 0 Å². The second kappa shape index (κ2) is 5.39. The van der Waals surface area contributed by atoms with Crippen LogP contribution in [0.3, 0.4) is 0 Å². The lowest BCUT2D eigenvalue weighted by Gasteiger charge is -2.32. The Morgan fingerprint density at radius 3 is 2.50 bits per heavy atom. The van der Waals surface area contributed by atoms with Gasteiger partial charge in [0.05, 0.1) is 0 Å². The van der Waals surface area contributed by atoms with Crippen molar-refractivity contribution in [3.8, 4) is 5.95 Å². The van der Waals surface area contributed by atoms with Crippen molar-refractivity contribution in [1.82, 2.24) is 29.6 Å². The van der Waals surface area contributed by atoms with Crippen LogP contribution in [0.5, 0.6) is 0 Å². The Morgan fingerprint density at radius 1 is 1.10 bits per heavy atom. The van der Waals surface area contributed by atoms with Gasteiger partial charge in [0, 0.05) is 38.6 Å². The minimum absolute atomic E-state index is 0.333. The van der Waals surface area contributed by atoms with E-state index in [1.54, 1.807) is 17.1 Å². The second-order valence-corrected chi connectivity index (χ2v) is 4.64. The number of aromatic nitrogens is 5. The number of nitrogen functional groups attached to an aromatic ring is 1. The zero-order chi connectivity index (χ0) is 13.9. The fraction of sp³-hybridized carbons (Fsp3) is 0.455. The zero-order valence-electron chi connectivity index (χ0n) is 11.3. The normalized spacial score (nSPS) is 16.4. The Bertz CT molecular complexity index is 559. The predicted octanol–water partition coefficient (Wildman–Crippen LogP) is -0.905. The summed E-state index contributed by atoms with van der Waals surface area (Å²) in [6.07, 6.45) is 3.46. The van der Waals surface area contributed by atoms with Gasteiger partial charge < -0.3 is 9.80 Å². The van der Waals surface area contributed by atoms with Gasteiger partial charge >= 0.3 is 0 Å². The summed E-state index contributed by atoms with van der Waals surface area (Å²) < 4.78 is 1.59. The highest BCUT2D eigenvalue weighted by Gasteiger charge is 2.18. The lowest BCUT2D eigenvalue weighted by molar-refractivity contribution is 0.311. The highest BCUT2D eigenvalue weighted by molar-refractivity contribution is 5.39. The monoisotopic (exact) mass is 275 g/mol. The summed E-state index contributed by atoms with van der Waals surface area (Å²) in [5.41, 5.74) is 2.48. The summed E-state index contributed by atoms with van der Waals surface area (Å²) in [6, 6.07) is 1.81. The maximum atomic E-state index is 5.43. The van der Waals surface area contributed by atoms with E-state index in [4.69, 9.17) is 5.84 Å². The number of anilines is 2. The van der Waals surface area contributed by atoms with Gasteiger partial charge in [0.25, 0.3) is 5.95 Å². The first kappa shape index (κ1) is 12.8. The minimum Gasteiger partial charge on any atom is -0.338 e. The number of nitrogens with one attached hydrogen (secondary N) is 1. The zero-order valence-corrected chi connectivity index (χ0v) is 11.3. The molecule has 0 saturated carbocycles. The molecule has 0 amide bonds. The molecule has 2 aromatic heterocycles. The van der Waals surface area contributed by atoms with Gasteiger partial charge in [0.2, 0.25) is 11.9 Å². The van der Waals surface area contributed by atoms with Crippen LogP contribution in [0.25, 0.3) is 5.95 Å². The number of hydrogen-bond acceptors (Lipinski definition) is 8. The third kappa shape index (κ3) is 2.53. The van der Waals surface area contributed by atoms with Crippen LogP contribution in [0.1, 0.15) is 0 Å². The van der Waals surface area contributed by atoms with E-state index in [0.717, 1.165) is 26.2 Å². The van der Waals surface area contributed by atoms with Crippen LogP contribution in [0, 0.1) is 0 Å². The summed E-state index contributed by atoms with van der Waals surface area (Å²) in [7, 11) is 2.10. The van der Waals surface area contributed by atoms with Crippen LogP contribution >= 0.6 is 0 Å².